The third kappa shape index (κ3) is 5.18. The van der Waals surface area contributed by atoms with E-state index in [0.29, 0.717) is 34.7 Å². The highest BCUT2D eigenvalue weighted by molar-refractivity contribution is 6.33. The van der Waals surface area contributed by atoms with E-state index in [1.54, 1.807) is 11.1 Å². The molecule has 37 heavy (non-hydrogen) atoms. The summed E-state index contributed by atoms with van der Waals surface area (Å²) in [4.78, 5) is 39.1. The van der Waals surface area contributed by atoms with E-state index >= 15 is 0 Å². The third-order valence-electron chi connectivity index (χ3n) is 8.53. The zero-order valence-electron chi connectivity index (χ0n) is 21.1. The zero-order chi connectivity index (χ0) is 25.4. The second-order valence-corrected chi connectivity index (χ2v) is 11.3. The van der Waals surface area contributed by atoms with Crippen LogP contribution >= 0.6 is 11.6 Å². The van der Waals surface area contributed by atoms with Crippen molar-refractivity contribution in [2.75, 3.05) is 38.2 Å². The van der Waals surface area contributed by atoms with Crippen LogP contribution in [0.4, 0.5) is 5.95 Å². The molecule has 2 aromatic rings. The van der Waals surface area contributed by atoms with E-state index < -0.39 is 0 Å². The van der Waals surface area contributed by atoms with Crippen molar-refractivity contribution in [1.29, 1.82) is 0 Å². The van der Waals surface area contributed by atoms with Crippen LogP contribution in [0.3, 0.4) is 0 Å². The van der Waals surface area contributed by atoms with Crippen LogP contribution in [0, 0.1) is 11.8 Å². The molecule has 4 heterocycles. The lowest BCUT2D eigenvalue weighted by atomic mass is 9.75. The third-order valence-corrected chi connectivity index (χ3v) is 8.81. The van der Waals surface area contributed by atoms with Crippen LogP contribution in [-0.4, -0.2) is 70.5 Å². The highest BCUT2D eigenvalue weighted by Gasteiger charge is 2.35. The maximum absolute atomic E-state index is 13.3. The molecule has 2 unspecified atom stereocenters. The van der Waals surface area contributed by atoms with E-state index in [1.165, 1.54) is 25.7 Å². The topological polar surface area (TPSA) is 87.7 Å². The molecule has 0 bridgehead atoms. The Morgan fingerprint density at radius 2 is 1.92 bits per heavy atom. The fraction of sp³-hybridized carbons (Fsp3) is 0.571. The Labute approximate surface area is 222 Å². The van der Waals surface area contributed by atoms with Crippen molar-refractivity contribution >= 4 is 29.4 Å². The number of nitrogens with zero attached hydrogens (tertiary/aromatic N) is 4. The number of halogens is 1. The Morgan fingerprint density at radius 1 is 1.11 bits per heavy atom. The molecule has 196 valence electrons. The van der Waals surface area contributed by atoms with Gasteiger partial charge in [0.1, 0.15) is 6.54 Å². The van der Waals surface area contributed by atoms with Crippen molar-refractivity contribution < 1.29 is 14.3 Å². The minimum absolute atomic E-state index is 0.0630. The molecule has 3 aliphatic heterocycles. The van der Waals surface area contributed by atoms with Crippen molar-refractivity contribution in [2.24, 2.45) is 11.8 Å². The normalized spacial score (nSPS) is 24.1. The lowest BCUT2D eigenvalue weighted by Gasteiger charge is -2.41. The summed E-state index contributed by atoms with van der Waals surface area (Å²) in [5, 5.41) is 3.81. The average Bonchev–Trinajstić information content (AvgIpc) is 3.24. The number of aromatic nitrogens is 2. The van der Waals surface area contributed by atoms with E-state index in [0.717, 1.165) is 62.6 Å². The molecule has 4 aliphatic rings. The number of amides is 2. The van der Waals surface area contributed by atoms with Gasteiger partial charge in [-0.25, -0.2) is 9.97 Å². The van der Waals surface area contributed by atoms with Crippen molar-refractivity contribution in [2.45, 2.75) is 57.5 Å². The molecule has 0 spiro atoms. The first-order valence-corrected chi connectivity index (χ1v) is 14.0. The standard InChI is InChI=1S/C28H34ClN5O3/c29-24-14-30-28(31-22-8-11-37-12-9-22)32-26(24)19-5-6-21-16-34(27(36)23(21)13-19)17-25(35)33-10-7-18-3-1-2-4-20(18)15-33/h5-6,13-14,18,20,22H,1-4,7-12,15-17H2,(H,30,31,32). The lowest BCUT2D eigenvalue weighted by molar-refractivity contribution is -0.135. The molecule has 6 rings (SSSR count). The number of rotatable bonds is 5. The number of nitrogens with one attached hydrogen (secondary N) is 1. The van der Waals surface area contributed by atoms with E-state index in [1.807, 2.05) is 23.1 Å². The number of anilines is 1. The van der Waals surface area contributed by atoms with Gasteiger partial charge >= 0.3 is 0 Å². The van der Waals surface area contributed by atoms with Crippen LogP contribution in [0.5, 0.6) is 0 Å². The summed E-state index contributed by atoms with van der Waals surface area (Å²) in [6.07, 6.45) is 9.63. The SMILES string of the molecule is O=C(CN1Cc2ccc(-c3nc(NC4CCOCC4)ncc3Cl)cc2C1=O)N1CCC2CCCCC2C1. The first kappa shape index (κ1) is 24.6. The number of hydrogen-bond donors (Lipinski definition) is 1. The molecule has 0 radical (unpaired) electrons. The van der Waals surface area contributed by atoms with E-state index in [4.69, 9.17) is 16.3 Å². The monoisotopic (exact) mass is 523 g/mol. The fourth-order valence-corrected chi connectivity index (χ4v) is 6.59. The van der Waals surface area contributed by atoms with Gasteiger partial charge in [0, 0.05) is 50.0 Å². The molecule has 1 aromatic carbocycles. The Bertz CT molecular complexity index is 1180. The molecule has 1 aromatic heterocycles. The van der Waals surface area contributed by atoms with Crippen LogP contribution in [0.2, 0.25) is 5.02 Å². The Balaban J connectivity index is 1.14. The summed E-state index contributed by atoms with van der Waals surface area (Å²) in [6, 6.07) is 6.00. The molecule has 9 heteroatoms. The molecule has 1 saturated carbocycles. The van der Waals surface area contributed by atoms with Crippen molar-refractivity contribution in [1.82, 2.24) is 19.8 Å². The summed E-state index contributed by atoms with van der Waals surface area (Å²) in [6.45, 7) is 3.70. The average molecular weight is 524 g/mol. The predicted molar refractivity (Wildman–Crippen MR) is 141 cm³/mol. The van der Waals surface area contributed by atoms with Gasteiger partial charge in [-0.15, -0.1) is 0 Å². The lowest BCUT2D eigenvalue weighted by Crippen LogP contribution is -2.48. The molecule has 8 nitrogen and oxygen atoms in total. The molecule has 2 atom stereocenters. The van der Waals surface area contributed by atoms with Gasteiger partial charge < -0.3 is 19.9 Å². The number of piperidine rings is 1. The van der Waals surface area contributed by atoms with Crippen LogP contribution in [-0.2, 0) is 16.1 Å². The summed E-state index contributed by atoms with van der Waals surface area (Å²) in [5.74, 6) is 1.88. The largest absolute Gasteiger partial charge is 0.381 e. The first-order chi connectivity index (χ1) is 18.0. The smallest absolute Gasteiger partial charge is 0.254 e. The molecule has 3 fully saturated rings. The van der Waals surface area contributed by atoms with Crippen LogP contribution < -0.4 is 5.32 Å². The molecular formula is C28H34ClN5O3. The quantitative estimate of drug-likeness (QED) is 0.625. The van der Waals surface area contributed by atoms with Gasteiger partial charge in [-0.2, -0.15) is 0 Å². The Morgan fingerprint density at radius 3 is 2.76 bits per heavy atom. The summed E-state index contributed by atoms with van der Waals surface area (Å²) in [5.41, 5.74) is 2.90. The second-order valence-electron chi connectivity index (χ2n) is 10.9. The van der Waals surface area contributed by atoms with Gasteiger partial charge in [-0.05, 0) is 49.1 Å². The van der Waals surface area contributed by atoms with Gasteiger partial charge in [-0.1, -0.05) is 43.0 Å². The summed E-state index contributed by atoms with van der Waals surface area (Å²) >= 11 is 6.47. The van der Waals surface area contributed by atoms with E-state index in [9.17, 15) is 9.59 Å². The maximum atomic E-state index is 13.3. The summed E-state index contributed by atoms with van der Waals surface area (Å²) < 4.78 is 5.43. The van der Waals surface area contributed by atoms with Gasteiger partial charge in [0.15, 0.2) is 0 Å². The predicted octanol–water partition coefficient (Wildman–Crippen LogP) is 4.38. The van der Waals surface area contributed by atoms with Gasteiger partial charge in [0.25, 0.3) is 5.91 Å². The summed E-state index contributed by atoms with van der Waals surface area (Å²) in [7, 11) is 0. The van der Waals surface area contributed by atoms with Gasteiger partial charge in [-0.3, -0.25) is 9.59 Å². The van der Waals surface area contributed by atoms with Crippen LogP contribution in [0.1, 0.15) is 60.9 Å². The number of carbonyl (C=O) groups excluding carboxylic acids is 2. The van der Waals surface area contributed by atoms with Crippen molar-refractivity contribution in [3.63, 3.8) is 0 Å². The number of benzene rings is 1. The zero-order valence-corrected chi connectivity index (χ0v) is 21.9. The van der Waals surface area contributed by atoms with Crippen molar-refractivity contribution in [3.05, 3.63) is 40.5 Å². The minimum Gasteiger partial charge on any atom is -0.381 e. The van der Waals surface area contributed by atoms with Gasteiger partial charge in [0.2, 0.25) is 11.9 Å². The molecule has 2 amide bonds. The fourth-order valence-electron chi connectivity index (χ4n) is 6.39. The Hall–Kier alpha value is -2.71. The number of ether oxygens (including phenoxy) is 1. The number of hydrogen-bond acceptors (Lipinski definition) is 6. The Kier molecular flexibility index (Phi) is 7.04. The van der Waals surface area contributed by atoms with Gasteiger partial charge in [0.05, 0.1) is 16.9 Å². The van der Waals surface area contributed by atoms with Crippen LogP contribution in [0.15, 0.2) is 24.4 Å². The number of likely N-dealkylation sites (tertiary alicyclic amines) is 1. The number of fused-ring (bicyclic) bond motifs is 2. The van der Waals surface area contributed by atoms with Crippen LogP contribution in [0.25, 0.3) is 11.3 Å². The maximum Gasteiger partial charge on any atom is 0.254 e. The highest BCUT2D eigenvalue weighted by Crippen LogP contribution is 2.36. The molecule has 2 saturated heterocycles. The molecule has 1 aliphatic carbocycles. The first-order valence-electron chi connectivity index (χ1n) is 13.6. The minimum atomic E-state index is -0.108. The second kappa shape index (κ2) is 10.6. The molecular weight excluding hydrogens is 490 g/mol. The number of carbonyl (C=O) groups is 2. The molecule has 1 N–H and O–H groups in total. The van der Waals surface area contributed by atoms with E-state index in [2.05, 4.69) is 15.3 Å². The highest BCUT2D eigenvalue weighted by atomic mass is 35.5. The van der Waals surface area contributed by atoms with E-state index in [-0.39, 0.29) is 24.4 Å². The van der Waals surface area contributed by atoms with Crippen molar-refractivity contribution in [3.8, 4) is 11.3 Å².